The normalized spacial score (nSPS) is 26.6. The molecule has 2 aliphatic carbocycles. The highest BCUT2D eigenvalue weighted by Gasteiger charge is 2.54. The number of furan rings is 1. The first-order valence-corrected chi connectivity index (χ1v) is 10.6. The van der Waals surface area contributed by atoms with E-state index in [1.807, 2.05) is 24.0 Å². The van der Waals surface area contributed by atoms with Gasteiger partial charge in [0.15, 0.2) is 5.76 Å². The first kappa shape index (κ1) is 17.0. The van der Waals surface area contributed by atoms with Gasteiger partial charge in [-0.15, -0.1) is 5.10 Å². The van der Waals surface area contributed by atoms with Gasteiger partial charge >= 0.3 is 0 Å². The van der Waals surface area contributed by atoms with E-state index in [-0.39, 0.29) is 17.5 Å². The number of carbonyl (C=O) groups excluding carboxylic acids is 1. The smallest absolute Gasteiger partial charge is 0.232 e. The summed E-state index contributed by atoms with van der Waals surface area (Å²) in [7, 11) is 0. The molecular formula is C21H28N4O2. The van der Waals surface area contributed by atoms with Crippen LogP contribution < -0.4 is 4.90 Å². The fourth-order valence-corrected chi connectivity index (χ4v) is 5.83. The lowest BCUT2D eigenvalue weighted by molar-refractivity contribution is -0.120. The third-order valence-corrected chi connectivity index (χ3v) is 7.01. The maximum atomic E-state index is 13.0. The minimum Gasteiger partial charge on any atom is -0.461 e. The number of aromatic nitrogens is 3. The summed E-state index contributed by atoms with van der Waals surface area (Å²) in [5, 5.41) is 4.95. The number of nitrogens with zero attached hydrogens (tertiary/aromatic N) is 4. The number of hydrogen-bond acceptors (Lipinski definition) is 4. The van der Waals surface area contributed by atoms with Crippen molar-refractivity contribution in [2.24, 2.45) is 5.92 Å². The molecule has 2 aromatic rings. The summed E-state index contributed by atoms with van der Waals surface area (Å²) in [6, 6.07) is 4.03. The van der Waals surface area contributed by atoms with E-state index in [9.17, 15) is 4.79 Å². The van der Waals surface area contributed by atoms with Crippen LogP contribution in [0.2, 0.25) is 0 Å². The van der Waals surface area contributed by atoms with Gasteiger partial charge in [-0.3, -0.25) is 9.69 Å². The maximum absolute atomic E-state index is 13.0. The molecule has 0 aromatic carbocycles. The Morgan fingerprint density at radius 1 is 1.22 bits per heavy atom. The molecule has 2 atom stereocenters. The van der Waals surface area contributed by atoms with E-state index in [1.165, 1.54) is 38.5 Å². The van der Waals surface area contributed by atoms with Gasteiger partial charge in [0.05, 0.1) is 11.8 Å². The Morgan fingerprint density at radius 2 is 2.04 bits per heavy atom. The van der Waals surface area contributed by atoms with Gasteiger partial charge in [0.25, 0.3) is 0 Å². The Balaban J connectivity index is 1.71. The Labute approximate surface area is 159 Å². The average Bonchev–Trinajstić information content (AvgIpc) is 3.39. The van der Waals surface area contributed by atoms with E-state index >= 15 is 0 Å². The maximum Gasteiger partial charge on any atom is 0.232 e. The third-order valence-electron chi connectivity index (χ3n) is 7.01. The van der Waals surface area contributed by atoms with Crippen molar-refractivity contribution in [3.05, 3.63) is 18.4 Å². The van der Waals surface area contributed by atoms with Crippen LogP contribution in [0.1, 0.15) is 71.1 Å². The molecule has 2 fully saturated rings. The van der Waals surface area contributed by atoms with Crippen LogP contribution in [-0.2, 0) is 10.3 Å². The van der Waals surface area contributed by atoms with Crippen molar-refractivity contribution in [1.29, 1.82) is 0 Å². The highest BCUT2D eigenvalue weighted by molar-refractivity contribution is 5.92. The monoisotopic (exact) mass is 368 g/mol. The second kappa shape index (κ2) is 6.50. The van der Waals surface area contributed by atoms with E-state index in [0.717, 1.165) is 25.2 Å². The van der Waals surface area contributed by atoms with Gasteiger partial charge in [-0.05, 0) is 37.8 Å². The van der Waals surface area contributed by atoms with E-state index in [0.29, 0.717) is 23.9 Å². The zero-order valence-corrected chi connectivity index (χ0v) is 16.1. The molecule has 5 rings (SSSR count). The average molecular weight is 368 g/mol. The van der Waals surface area contributed by atoms with Crippen molar-refractivity contribution in [2.45, 2.75) is 82.7 Å². The van der Waals surface area contributed by atoms with Gasteiger partial charge in [-0.2, -0.15) is 4.98 Å². The number of fused-ring (bicyclic) bond motifs is 4. The molecule has 27 heavy (non-hydrogen) atoms. The second-order valence-corrected chi connectivity index (χ2v) is 8.36. The van der Waals surface area contributed by atoms with Crippen molar-refractivity contribution in [3.8, 4) is 11.6 Å². The topological polar surface area (TPSA) is 64.2 Å². The zero-order chi connectivity index (χ0) is 18.4. The first-order chi connectivity index (χ1) is 13.2. The summed E-state index contributed by atoms with van der Waals surface area (Å²) in [6.07, 6.45) is 12.9. The molecule has 2 saturated carbocycles. The second-order valence-electron chi connectivity index (χ2n) is 8.36. The molecule has 6 nitrogen and oxygen atoms in total. The Bertz CT molecular complexity index is 819. The van der Waals surface area contributed by atoms with Crippen molar-refractivity contribution < 1.29 is 9.21 Å². The molecule has 144 valence electrons. The van der Waals surface area contributed by atoms with E-state index in [4.69, 9.17) is 14.5 Å². The molecule has 1 aliphatic heterocycles. The van der Waals surface area contributed by atoms with Gasteiger partial charge in [-0.25, -0.2) is 4.68 Å². The van der Waals surface area contributed by atoms with Gasteiger partial charge in [0, 0.05) is 18.4 Å². The van der Waals surface area contributed by atoms with Crippen LogP contribution in [0, 0.1) is 5.92 Å². The largest absolute Gasteiger partial charge is 0.461 e. The van der Waals surface area contributed by atoms with Crippen molar-refractivity contribution in [3.63, 3.8) is 0 Å². The SMILES string of the molecule is CCC(=O)N1c2nc(-c3ccco3)nn2C2(CCCCC2)[C@@H]2CCCC[C@@H]21. The highest BCUT2D eigenvalue weighted by atomic mass is 16.3. The molecule has 0 unspecified atom stereocenters. The quantitative estimate of drug-likeness (QED) is 0.782. The van der Waals surface area contributed by atoms with Gasteiger partial charge in [0.2, 0.25) is 17.7 Å². The fourth-order valence-electron chi connectivity index (χ4n) is 5.83. The Morgan fingerprint density at radius 3 is 2.78 bits per heavy atom. The molecule has 0 N–H and O–H groups in total. The van der Waals surface area contributed by atoms with Crippen molar-refractivity contribution in [1.82, 2.24) is 14.8 Å². The molecule has 2 aromatic heterocycles. The van der Waals surface area contributed by atoms with E-state index in [1.54, 1.807) is 6.26 Å². The highest BCUT2D eigenvalue weighted by Crippen LogP contribution is 2.53. The summed E-state index contributed by atoms with van der Waals surface area (Å²) in [4.78, 5) is 19.8. The Hall–Kier alpha value is -2.11. The molecule has 0 bridgehead atoms. The molecule has 6 heteroatoms. The Kier molecular flexibility index (Phi) is 4.10. The minimum atomic E-state index is 0.0149. The summed E-state index contributed by atoms with van der Waals surface area (Å²) < 4.78 is 7.71. The minimum absolute atomic E-state index is 0.0149. The molecule has 1 spiro atoms. The molecule has 3 aliphatic rings. The van der Waals surface area contributed by atoms with Gasteiger partial charge in [-0.1, -0.05) is 39.0 Å². The first-order valence-electron chi connectivity index (χ1n) is 10.6. The summed E-state index contributed by atoms with van der Waals surface area (Å²) in [6.45, 7) is 1.94. The van der Waals surface area contributed by atoms with E-state index in [2.05, 4.69) is 4.68 Å². The predicted octanol–water partition coefficient (Wildman–Crippen LogP) is 4.51. The molecule has 1 amide bonds. The molecular weight excluding hydrogens is 340 g/mol. The summed E-state index contributed by atoms with van der Waals surface area (Å²) in [5.41, 5.74) is 0.0149. The van der Waals surface area contributed by atoms with Gasteiger partial charge in [0.1, 0.15) is 0 Å². The lowest BCUT2D eigenvalue weighted by Crippen LogP contribution is -2.61. The lowest BCUT2D eigenvalue weighted by atomic mass is 9.64. The zero-order valence-electron chi connectivity index (χ0n) is 16.1. The number of anilines is 1. The molecule has 0 radical (unpaired) electrons. The van der Waals surface area contributed by atoms with Crippen LogP contribution in [0.25, 0.3) is 11.6 Å². The van der Waals surface area contributed by atoms with Crippen LogP contribution in [0.3, 0.4) is 0 Å². The van der Waals surface area contributed by atoms with Crippen molar-refractivity contribution in [2.75, 3.05) is 4.90 Å². The van der Waals surface area contributed by atoms with Crippen LogP contribution in [-0.4, -0.2) is 26.7 Å². The lowest BCUT2D eigenvalue weighted by Gasteiger charge is -2.55. The van der Waals surface area contributed by atoms with Crippen LogP contribution >= 0.6 is 0 Å². The van der Waals surface area contributed by atoms with E-state index < -0.39 is 0 Å². The molecule has 0 saturated heterocycles. The number of carbonyl (C=O) groups is 1. The molecule has 3 heterocycles. The van der Waals surface area contributed by atoms with Crippen LogP contribution in [0.15, 0.2) is 22.8 Å². The van der Waals surface area contributed by atoms with Crippen molar-refractivity contribution >= 4 is 11.9 Å². The number of amides is 1. The fraction of sp³-hybridized carbons (Fsp3) is 0.667. The standard InChI is InChI=1S/C21H28N4O2/c1-2-18(26)24-16-10-5-4-9-15(16)21(12-6-3-7-13-21)25-20(24)22-19(23-25)17-11-8-14-27-17/h8,11,14-16H,2-7,9-10,12-13H2,1H3/t15-,16+/m1/s1. The third kappa shape index (κ3) is 2.48. The summed E-state index contributed by atoms with van der Waals surface area (Å²) in [5.74, 6) is 2.68. The van der Waals surface area contributed by atoms with Crippen LogP contribution in [0.5, 0.6) is 0 Å². The van der Waals surface area contributed by atoms with Crippen LogP contribution in [0.4, 0.5) is 5.95 Å². The number of hydrogen-bond donors (Lipinski definition) is 0. The number of rotatable bonds is 2. The predicted molar refractivity (Wildman–Crippen MR) is 102 cm³/mol. The van der Waals surface area contributed by atoms with Gasteiger partial charge < -0.3 is 4.42 Å². The summed E-state index contributed by atoms with van der Waals surface area (Å²) >= 11 is 0.